The van der Waals surface area contributed by atoms with Crippen LogP contribution in [0.3, 0.4) is 0 Å². The number of hydrazine groups is 1. The van der Waals surface area contributed by atoms with Gasteiger partial charge in [0, 0.05) is 23.5 Å². The predicted octanol–water partition coefficient (Wildman–Crippen LogP) is 0.396. The third-order valence-corrected chi connectivity index (χ3v) is 3.74. The van der Waals surface area contributed by atoms with Crippen LogP contribution in [0.2, 0.25) is 0 Å². The van der Waals surface area contributed by atoms with E-state index in [4.69, 9.17) is 0 Å². The second-order valence-electron chi connectivity index (χ2n) is 5.25. The molecule has 3 N–H and O–H groups in total. The first-order valence-corrected chi connectivity index (χ1v) is 7.20. The van der Waals surface area contributed by atoms with Crippen molar-refractivity contribution in [2.24, 2.45) is 11.8 Å². The summed E-state index contributed by atoms with van der Waals surface area (Å²) in [6, 6.07) is 8.15. The highest BCUT2D eigenvalue weighted by molar-refractivity contribution is 5.91. The molecule has 7 nitrogen and oxygen atoms in total. The molecule has 0 heterocycles. The van der Waals surface area contributed by atoms with E-state index >= 15 is 0 Å². The molecular weight excluding hydrogens is 286 g/mol. The molecule has 0 unspecified atom stereocenters. The van der Waals surface area contributed by atoms with Gasteiger partial charge in [-0.05, 0) is 25.0 Å². The molecule has 1 fully saturated rings. The van der Waals surface area contributed by atoms with Gasteiger partial charge in [0.15, 0.2) is 0 Å². The van der Waals surface area contributed by atoms with Crippen molar-refractivity contribution < 1.29 is 19.5 Å². The fourth-order valence-corrected chi connectivity index (χ4v) is 2.62. The number of para-hydroxylation sites is 1. The van der Waals surface area contributed by atoms with Gasteiger partial charge in [-0.15, -0.1) is 0 Å². The van der Waals surface area contributed by atoms with E-state index in [-0.39, 0.29) is 0 Å². The van der Waals surface area contributed by atoms with Crippen molar-refractivity contribution in [3.8, 4) is 0 Å². The lowest BCUT2D eigenvalue weighted by atomic mass is 9.79. The lowest BCUT2D eigenvalue weighted by molar-refractivity contribution is -0.314. The molecule has 0 spiro atoms. The molecule has 0 bridgehead atoms. The number of anilines is 1. The molecule has 2 rings (SSSR count). The van der Waals surface area contributed by atoms with Gasteiger partial charge in [0.25, 0.3) is 0 Å². The molecule has 0 radical (unpaired) electrons. The van der Waals surface area contributed by atoms with E-state index in [1.54, 1.807) is 24.3 Å². The summed E-state index contributed by atoms with van der Waals surface area (Å²) in [7, 11) is 0. The summed E-state index contributed by atoms with van der Waals surface area (Å²) in [4.78, 5) is 34.7. The number of carbonyl (C=O) groups excluding carboxylic acids is 3. The maximum absolute atomic E-state index is 12.0. The summed E-state index contributed by atoms with van der Waals surface area (Å²) in [6.07, 6.45) is 2.46. The Balaban J connectivity index is 1.83. The number of amides is 3. The number of carboxylic acids is 1. The second-order valence-corrected chi connectivity index (χ2v) is 5.25. The number of aliphatic carboxylic acids is 1. The molecule has 2 atom stereocenters. The third-order valence-electron chi connectivity index (χ3n) is 3.74. The number of nitrogens with one attached hydrogen (secondary N) is 3. The van der Waals surface area contributed by atoms with Gasteiger partial charge in [0.05, 0.1) is 0 Å². The van der Waals surface area contributed by atoms with E-state index in [0.717, 1.165) is 12.8 Å². The minimum Gasteiger partial charge on any atom is -0.550 e. The molecule has 0 aromatic heterocycles. The first-order valence-electron chi connectivity index (χ1n) is 7.20. The van der Waals surface area contributed by atoms with Crippen LogP contribution < -0.4 is 21.3 Å². The van der Waals surface area contributed by atoms with Gasteiger partial charge < -0.3 is 15.2 Å². The molecule has 7 heteroatoms. The smallest absolute Gasteiger partial charge is 0.337 e. The summed E-state index contributed by atoms with van der Waals surface area (Å²) in [5.41, 5.74) is 5.07. The predicted molar refractivity (Wildman–Crippen MR) is 77.2 cm³/mol. The van der Waals surface area contributed by atoms with E-state index in [2.05, 4.69) is 16.2 Å². The van der Waals surface area contributed by atoms with E-state index < -0.39 is 29.7 Å². The van der Waals surface area contributed by atoms with E-state index in [1.807, 2.05) is 6.07 Å². The minimum atomic E-state index is -1.21. The molecular formula is C15H18N3O4-. The fraction of sp³-hybridized carbons (Fsp3) is 0.400. The molecule has 22 heavy (non-hydrogen) atoms. The van der Waals surface area contributed by atoms with Crippen LogP contribution in [0.15, 0.2) is 30.3 Å². The lowest BCUT2D eigenvalue weighted by Gasteiger charge is -2.31. The molecule has 1 saturated carbocycles. The zero-order chi connectivity index (χ0) is 15.9. The van der Waals surface area contributed by atoms with Gasteiger partial charge in [0.2, 0.25) is 5.91 Å². The van der Waals surface area contributed by atoms with Gasteiger partial charge in [0.1, 0.15) is 0 Å². The quantitative estimate of drug-likeness (QED) is 0.702. The Kier molecular flexibility index (Phi) is 5.35. The number of carbonyl (C=O) groups is 3. The molecule has 1 aliphatic rings. The number of benzene rings is 1. The van der Waals surface area contributed by atoms with Crippen molar-refractivity contribution in [3.05, 3.63) is 30.3 Å². The number of carboxylic acid groups (broad SMARTS) is 1. The van der Waals surface area contributed by atoms with Gasteiger partial charge in [-0.2, -0.15) is 0 Å². The second kappa shape index (κ2) is 7.44. The van der Waals surface area contributed by atoms with Gasteiger partial charge in [-0.25, -0.2) is 10.2 Å². The largest absolute Gasteiger partial charge is 0.550 e. The highest BCUT2D eigenvalue weighted by Crippen LogP contribution is 2.29. The molecule has 3 amide bonds. The normalized spacial score (nSPS) is 20.7. The molecule has 0 saturated heterocycles. The van der Waals surface area contributed by atoms with Gasteiger partial charge in [-0.3, -0.25) is 10.2 Å². The van der Waals surface area contributed by atoms with Crippen molar-refractivity contribution in [2.45, 2.75) is 25.7 Å². The Morgan fingerprint density at radius 1 is 0.955 bits per heavy atom. The van der Waals surface area contributed by atoms with Crippen LogP contribution in [-0.2, 0) is 9.59 Å². The van der Waals surface area contributed by atoms with E-state index in [0.29, 0.717) is 18.5 Å². The number of hydrogen-bond donors (Lipinski definition) is 3. The standard InChI is InChI=1S/C15H19N3O4/c19-13(11-8-4-5-9-12(11)14(20)21)17-18-15(22)16-10-6-2-1-3-7-10/h1-3,6-7,11-12H,4-5,8-9H2,(H,17,19)(H,20,21)(H2,16,18,22)/p-1/t11-,12-/m1/s1. The Hall–Kier alpha value is -2.57. The van der Waals surface area contributed by atoms with Crippen LogP contribution in [0, 0.1) is 11.8 Å². The highest BCUT2D eigenvalue weighted by atomic mass is 16.4. The summed E-state index contributed by atoms with van der Waals surface area (Å²) >= 11 is 0. The third kappa shape index (κ3) is 4.21. The number of hydrogen-bond acceptors (Lipinski definition) is 4. The average molecular weight is 304 g/mol. The van der Waals surface area contributed by atoms with E-state index in [1.165, 1.54) is 0 Å². The zero-order valence-corrected chi connectivity index (χ0v) is 12.0. The zero-order valence-electron chi connectivity index (χ0n) is 12.0. The van der Waals surface area contributed by atoms with Crippen LogP contribution in [0.5, 0.6) is 0 Å². The summed E-state index contributed by atoms with van der Waals surface area (Å²) in [6.45, 7) is 0. The summed E-state index contributed by atoms with van der Waals surface area (Å²) in [5, 5.41) is 13.6. The number of rotatable bonds is 3. The SMILES string of the molecule is O=C(NNC(=O)[C@@H]1CCCC[C@H]1C(=O)[O-])Nc1ccccc1. The van der Waals surface area contributed by atoms with Crippen LogP contribution in [-0.4, -0.2) is 17.9 Å². The first kappa shape index (κ1) is 15.8. The highest BCUT2D eigenvalue weighted by Gasteiger charge is 2.31. The van der Waals surface area contributed by atoms with E-state index in [9.17, 15) is 19.5 Å². The van der Waals surface area contributed by atoms with Crippen molar-refractivity contribution in [1.29, 1.82) is 0 Å². The minimum absolute atomic E-state index is 0.427. The molecule has 1 aliphatic carbocycles. The maximum atomic E-state index is 12.0. The van der Waals surface area contributed by atoms with Crippen LogP contribution >= 0.6 is 0 Å². The molecule has 1 aromatic carbocycles. The monoisotopic (exact) mass is 304 g/mol. The van der Waals surface area contributed by atoms with Crippen molar-refractivity contribution >= 4 is 23.6 Å². The molecule has 0 aliphatic heterocycles. The topological polar surface area (TPSA) is 110 Å². The Morgan fingerprint density at radius 2 is 1.59 bits per heavy atom. The summed E-state index contributed by atoms with van der Waals surface area (Å²) < 4.78 is 0. The van der Waals surface area contributed by atoms with Crippen LogP contribution in [0.4, 0.5) is 10.5 Å². The Morgan fingerprint density at radius 3 is 2.23 bits per heavy atom. The van der Waals surface area contributed by atoms with Gasteiger partial charge in [-0.1, -0.05) is 31.0 Å². The molecule has 118 valence electrons. The van der Waals surface area contributed by atoms with Crippen LogP contribution in [0.25, 0.3) is 0 Å². The number of urea groups is 1. The van der Waals surface area contributed by atoms with Crippen LogP contribution in [0.1, 0.15) is 25.7 Å². The average Bonchev–Trinajstić information content (AvgIpc) is 2.53. The summed E-state index contributed by atoms with van der Waals surface area (Å²) in [5.74, 6) is -3.19. The Bertz CT molecular complexity index is 547. The fourth-order valence-electron chi connectivity index (χ4n) is 2.62. The maximum Gasteiger partial charge on any atom is 0.337 e. The van der Waals surface area contributed by atoms with Gasteiger partial charge >= 0.3 is 6.03 Å². The van der Waals surface area contributed by atoms with Crippen molar-refractivity contribution in [3.63, 3.8) is 0 Å². The van der Waals surface area contributed by atoms with Crippen molar-refractivity contribution in [2.75, 3.05) is 5.32 Å². The Labute approximate surface area is 128 Å². The first-order chi connectivity index (χ1) is 10.6. The van der Waals surface area contributed by atoms with Crippen molar-refractivity contribution in [1.82, 2.24) is 10.9 Å². The molecule has 1 aromatic rings. The lowest BCUT2D eigenvalue weighted by Crippen LogP contribution is -2.50.